The van der Waals surface area contributed by atoms with Gasteiger partial charge < -0.3 is 14.4 Å². The number of carbonyl (C=O) groups excluding carboxylic acids is 1. The highest BCUT2D eigenvalue weighted by Crippen LogP contribution is 2.26. The van der Waals surface area contributed by atoms with Crippen LogP contribution in [0.3, 0.4) is 0 Å². The molecular formula is C17H24N3OS+. The second kappa shape index (κ2) is 6.67. The highest BCUT2D eigenvalue weighted by Gasteiger charge is 2.26. The van der Waals surface area contributed by atoms with Crippen molar-refractivity contribution in [3.8, 4) is 0 Å². The summed E-state index contributed by atoms with van der Waals surface area (Å²) in [6, 6.07) is 4.15. The SMILES string of the molecule is C/C=C\Cn1c(C(=O)N2CC[NH+](CC)CC2)cc2ccsc21. The number of rotatable bonds is 4. The van der Waals surface area contributed by atoms with Crippen LogP contribution >= 0.6 is 11.3 Å². The molecule has 0 aliphatic carbocycles. The number of thiophene rings is 1. The third kappa shape index (κ3) is 2.83. The number of allylic oxidation sites excluding steroid dienone is 2. The van der Waals surface area contributed by atoms with Gasteiger partial charge in [-0.1, -0.05) is 12.2 Å². The first kappa shape index (κ1) is 15.3. The minimum absolute atomic E-state index is 0.183. The summed E-state index contributed by atoms with van der Waals surface area (Å²) in [6.07, 6.45) is 4.15. The molecule has 0 spiro atoms. The number of quaternary nitrogens is 1. The predicted molar refractivity (Wildman–Crippen MR) is 91.8 cm³/mol. The molecule has 0 unspecified atom stereocenters. The minimum Gasteiger partial charge on any atom is -0.332 e. The maximum absolute atomic E-state index is 12.9. The van der Waals surface area contributed by atoms with Gasteiger partial charge in [-0.15, -0.1) is 11.3 Å². The molecule has 5 heteroatoms. The lowest BCUT2D eigenvalue weighted by Crippen LogP contribution is -3.14. The summed E-state index contributed by atoms with van der Waals surface area (Å²) < 4.78 is 2.15. The molecule has 1 saturated heterocycles. The Kier molecular flexibility index (Phi) is 4.64. The van der Waals surface area contributed by atoms with Gasteiger partial charge in [-0.05, 0) is 31.4 Å². The Bertz CT molecular complexity index is 677. The summed E-state index contributed by atoms with van der Waals surface area (Å²) in [4.78, 5) is 17.7. The maximum Gasteiger partial charge on any atom is 0.270 e. The van der Waals surface area contributed by atoms with Crippen LogP contribution in [0.5, 0.6) is 0 Å². The fraction of sp³-hybridized carbons (Fsp3) is 0.471. The topological polar surface area (TPSA) is 29.7 Å². The van der Waals surface area contributed by atoms with Crippen LogP contribution in [0.2, 0.25) is 0 Å². The lowest BCUT2D eigenvalue weighted by atomic mass is 10.2. The molecule has 0 radical (unpaired) electrons. The van der Waals surface area contributed by atoms with Crippen molar-refractivity contribution in [3.05, 3.63) is 35.4 Å². The van der Waals surface area contributed by atoms with Crippen molar-refractivity contribution in [1.82, 2.24) is 9.47 Å². The first-order chi connectivity index (χ1) is 10.7. The highest BCUT2D eigenvalue weighted by molar-refractivity contribution is 7.16. The van der Waals surface area contributed by atoms with Crippen LogP contribution in [-0.2, 0) is 6.54 Å². The van der Waals surface area contributed by atoms with Crippen LogP contribution in [-0.4, -0.2) is 48.1 Å². The molecule has 1 amide bonds. The zero-order chi connectivity index (χ0) is 15.5. The van der Waals surface area contributed by atoms with E-state index in [2.05, 4.69) is 35.1 Å². The quantitative estimate of drug-likeness (QED) is 0.854. The highest BCUT2D eigenvalue weighted by atomic mass is 32.1. The summed E-state index contributed by atoms with van der Waals surface area (Å²) in [7, 11) is 0. The van der Waals surface area contributed by atoms with E-state index in [1.165, 1.54) is 10.2 Å². The van der Waals surface area contributed by atoms with Crippen molar-refractivity contribution in [3.63, 3.8) is 0 Å². The second-order valence-corrected chi connectivity index (χ2v) is 6.68. The Labute approximate surface area is 135 Å². The van der Waals surface area contributed by atoms with E-state index >= 15 is 0 Å². The molecule has 2 aromatic rings. The number of hydrogen-bond donors (Lipinski definition) is 1. The van der Waals surface area contributed by atoms with Gasteiger partial charge in [0.1, 0.15) is 10.5 Å². The molecule has 22 heavy (non-hydrogen) atoms. The fourth-order valence-corrected chi connectivity index (χ4v) is 3.99. The molecule has 118 valence electrons. The Morgan fingerprint density at radius 3 is 2.86 bits per heavy atom. The van der Waals surface area contributed by atoms with Crippen molar-refractivity contribution >= 4 is 27.5 Å². The second-order valence-electron chi connectivity index (χ2n) is 5.79. The van der Waals surface area contributed by atoms with E-state index in [1.54, 1.807) is 16.2 Å². The minimum atomic E-state index is 0.183. The summed E-state index contributed by atoms with van der Waals surface area (Å²) >= 11 is 1.71. The molecule has 3 heterocycles. The van der Waals surface area contributed by atoms with Crippen LogP contribution in [0.1, 0.15) is 24.3 Å². The van der Waals surface area contributed by atoms with Gasteiger partial charge in [0, 0.05) is 11.9 Å². The van der Waals surface area contributed by atoms with Gasteiger partial charge in [-0.25, -0.2) is 0 Å². The standard InChI is InChI=1S/C17H23N3OS/c1-3-5-7-20-15(13-14-6-12-22-17(14)20)16(21)19-10-8-18(4-2)9-11-19/h3,5-6,12-13H,4,7-11H2,1-2H3/p+1/b5-3-. The Hall–Kier alpha value is -1.59. The first-order valence-electron chi connectivity index (χ1n) is 8.05. The van der Waals surface area contributed by atoms with E-state index in [4.69, 9.17) is 0 Å². The molecule has 0 saturated carbocycles. The lowest BCUT2D eigenvalue weighted by Gasteiger charge is -2.31. The van der Waals surface area contributed by atoms with E-state index < -0.39 is 0 Å². The number of hydrogen-bond acceptors (Lipinski definition) is 2. The lowest BCUT2D eigenvalue weighted by molar-refractivity contribution is -0.902. The van der Waals surface area contributed by atoms with Crippen LogP contribution in [0, 0.1) is 0 Å². The van der Waals surface area contributed by atoms with Gasteiger partial charge in [0.05, 0.1) is 32.7 Å². The monoisotopic (exact) mass is 318 g/mol. The first-order valence-corrected chi connectivity index (χ1v) is 8.93. The van der Waals surface area contributed by atoms with E-state index in [-0.39, 0.29) is 5.91 Å². The number of nitrogens with one attached hydrogen (secondary N) is 1. The molecule has 1 N–H and O–H groups in total. The van der Waals surface area contributed by atoms with Crippen molar-refractivity contribution < 1.29 is 9.69 Å². The van der Waals surface area contributed by atoms with Gasteiger partial charge in [-0.3, -0.25) is 4.79 Å². The largest absolute Gasteiger partial charge is 0.332 e. The Balaban J connectivity index is 1.85. The van der Waals surface area contributed by atoms with E-state index in [0.717, 1.165) is 45.0 Å². The number of fused-ring (bicyclic) bond motifs is 1. The van der Waals surface area contributed by atoms with Crippen molar-refractivity contribution in [2.45, 2.75) is 20.4 Å². The van der Waals surface area contributed by atoms with Crippen LogP contribution in [0.4, 0.5) is 0 Å². The summed E-state index contributed by atoms with van der Waals surface area (Å²) in [5.74, 6) is 0.183. The summed E-state index contributed by atoms with van der Waals surface area (Å²) in [5, 5.41) is 3.27. The van der Waals surface area contributed by atoms with Crippen molar-refractivity contribution in [2.75, 3.05) is 32.7 Å². The molecular weight excluding hydrogens is 294 g/mol. The van der Waals surface area contributed by atoms with E-state index in [9.17, 15) is 4.79 Å². The van der Waals surface area contributed by atoms with Crippen molar-refractivity contribution in [1.29, 1.82) is 0 Å². The van der Waals surface area contributed by atoms with Crippen LogP contribution in [0.15, 0.2) is 29.7 Å². The number of carbonyl (C=O) groups is 1. The van der Waals surface area contributed by atoms with Gasteiger partial charge >= 0.3 is 0 Å². The zero-order valence-electron chi connectivity index (χ0n) is 13.3. The summed E-state index contributed by atoms with van der Waals surface area (Å²) in [5.41, 5.74) is 0.833. The Morgan fingerprint density at radius 1 is 1.41 bits per heavy atom. The number of nitrogens with zero attached hydrogens (tertiary/aromatic N) is 2. The molecule has 1 fully saturated rings. The number of aromatic nitrogens is 1. The number of piperazine rings is 1. The fourth-order valence-electron chi connectivity index (χ4n) is 3.09. The number of likely N-dealkylation sites (N-methyl/N-ethyl adjacent to an activating group) is 1. The molecule has 3 rings (SSSR count). The average molecular weight is 318 g/mol. The maximum atomic E-state index is 12.9. The zero-order valence-corrected chi connectivity index (χ0v) is 14.2. The normalized spacial score (nSPS) is 16.9. The van der Waals surface area contributed by atoms with Gasteiger partial charge in [0.15, 0.2) is 0 Å². The van der Waals surface area contributed by atoms with Gasteiger partial charge in [0.2, 0.25) is 0 Å². The molecule has 4 nitrogen and oxygen atoms in total. The number of amides is 1. The molecule has 0 aromatic carbocycles. The van der Waals surface area contributed by atoms with E-state index in [1.807, 2.05) is 17.9 Å². The van der Waals surface area contributed by atoms with Crippen LogP contribution < -0.4 is 4.90 Å². The molecule has 0 atom stereocenters. The third-order valence-corrected chi connectivity index (χ3v) is 5.45. The average Bonchev–Trinajstić information content (AvgIpc) is 3.13. The van der Waals surface area contributed by atoms with E-state index in [0.29, 0.717) is 0 Å². The molecule has 2 aromatic heterocycles. The molecule has 1 aliphatic rings. The van der Waals surface area contributed by atoms with Gasteiger partial charge in [-0.2, -0.15) is 0 Å². The smallest absolute Gasteiger partial charge is 0.270 e. The molecule has 1 aliphatic heterocycles. The Morgan fingerprint density at radius 2 is 2.18 bits per heavy atom. The third-order valence-electron chi connectivity index (χ3n) is 4.50. The summed E-state index contributed by atoms with van der Waals surface area (Å²) in [6.45, 7) is 10.00. The molecule has 0 bridgehead atoms. The predicted octanol–water partition coefficient (Wildman–Crippen LogP) is 1.64. The van der Waals surface area contributed by atoms with Crippen molar-refractivity contribution in [2.24, 2.45) is 0 Å². The van der Waals surface area contributed by atoms with Gasteiger partial charge in [0.25, 0.3) is 5.91 Å². The van der Waals surface area contributed by atoms with Crippen LogP contribution in [0.25, 0.3) is 10.2 Å².